The van der Waals surface area contributed by atoms with Crippen LogP contribution in [0.5, 0.6) is 28.7 Å². The molecule has 34 heteroatoms. The smallest absolute Gasteiger partial charge is 0.420 e. The number of methoxy groups -OCH3 is 4. The van der Waals surface area contributed by atoms with Crippen LogP contribution in [0.2, 0.25) is 40.2 Å². The molecule has 1 amide bonds. The average molecular weight is 2020 g/mol. The monoisotopic (exact) mass is 2010 g/mol. The standard InChI is InChI=1S/C22H19Cl2F3NO5P.C20H13Cl2F3O3.C19H13Cl2IO3.C19H14Cl2O3.C12H10O3/c23-16-8-13(9-17(24)11-16)12-33-19-5-3-14-10-15(2-4-18(14)20(19)22(25,26)27)21(29)28-6-1-7-34(30,31)32;1-27-19(26)13-2-4-16-12(8-13)3-5-17(18(16)20(23,24)25)28-10-11-6-14(21)9-15(22)7-11;1-24-19(23)13-2-4-16-12(8-13)3-5-17(18(16)22)25-10-11-6-14(20)9-15(21)7-11;1-23-19(22)15-3-2-14-9-18(5-4-13(14)8-15)24-11-12-6-16(20)10-17(21)7-12;1-15-12(14)10-3-2-9-7-11(13)5-4-8(9)6-10/h2-5,8-11H,1,6-7,12H2,(H,28,29)(H2,30,31,32);2-9H,10H2,1H3;2-9H,10H2,1H3;2-10H,11H2,1H3;2-7,13H,1H3. The lowest BCUT2D eigenvalue weighted by atomic mass is 10.0. The van der Waals surface area contributed by atoms with Gasteiger partial charge in [0.15, 0.2) is 0 Å². The normalized spacial score (nSPS) is 11.2. The van der Waals surface area contributed by atoms with E-state index in [2.05, 4.69) is 37.4 Å². The molecule has 0 aliphatic heterocycles. The molecule has 654 valence electrons. The second-order valence-corrected chi connectivity index (χ2v) is 33.6. The first-order chi connectivity index (χ1) is 59.7. The molecule has 0 saturated carbocycles. The number of halogens is 15. The van der Waals surface area contributed by atoms with Gasteiger partial charge in [0.25, 0.3) is 5.91 Å². The summed E-state index contributed by atoms with van der Waals surface area (Å²) in [6.07, 6.45) is -9.72. The number of aromatic hydroxyl groups is 1. The minimum Gasteiger partial charge on any atom is -0.508 e. The first kappa shape index (κ1) is 97.7. The molecule has 14 rings (SSSR count). The molecule has 0 unspecified atom stereocenters. The number of alkyl halides is 6. The van der Waals surface area contributed by atoms with Crippen LogP contribution in [0.15, 0.2) is 237 Å². The van der Waals surface area contributed by atoms with Crippen LogP contribution in [0, 0.1) is 3.57 Å². The summed E-state index contributed by atoms with van der Waals surface area (Å²) in [6, 6.07) is 63.2. The van der Waals surface area contributed by atoms with Crippen LogP contribution in [0.3, 0.4) is 0 Å². The molecule has 0 saturated heterocycles. The summed E-state index contributed by atoms with van der Waals surface area (Å²) in [5.41, 5.74) is 2.74. The largest absolute Gasteiger partial charge is 0.508 e. The van der Waals surface area contributed by atoms with Crippen molar-refractivity contribution in [3.05, 3.63) is 342 Å². The average Bonchev–Trinajstić information content (AvgIpc) is 0.768. The maximum atomic E-state index is 13.9. The Hall–Kier alpha value is -10.5. The molecule has 0 bridgehead atoms. The minimum absolute atomic E-state index is 0.01000. The number of nitrogens with one attached hydrogen (secondary N) is 1. The Labute approximate surface area is 770 Å². The number of fused-ring (bicyclic) bond motifs is 5. The van der Waals surface area contributed by atoms with Gasteiger partial charge in [-0.3, -0.25) is 9.36 Å². The molecule has 0 aliphatic carbocycles. The molecule has 126 heavy (non-hydrogen) atoms. The van der Waals surface area contributed by atoms with E-state index in [4.69, 9.17) is 131 Å². The summed E-state index contributed by atoms with van der Waals surface area (Å²) < 4.78 is 136. The Morgan fingerprint density at radius 2 is 0.651 bits per heavy atom. The number of esters is 4. The topological polar surface area (TPSA) is 249 Å². The number of amides is 1. The highest BCUT2D eigenvalue weighted by molar-refractivity contribution is 14.1. The van der Waals surface area contributed by atoms with Gasteiger partial charge in [-0.25, -0.2) is 19.2 Å². The number of benzene rings is 14. The molecule has 0 aliphatic rings. The molecule has 14 aromatic carbocycles. The van der Waals surface area contributed by atoms with Gasteiger partial charge in [0.05, 0.1) is 60.4 Å². The lowest BCUT2D eigenvalue weighted by Gasteiger charge is -2.17. The third kappa shape index (κ3) is 27.8. The highest BCUT2D eigenvalue weighted by Gasteiger charge is 2.38. The Bertz CT molecular complexity index is 6380. The predicted molar refractivity (Wildman–Crippen MR) is 487 cm³/mol. The molecule has 0 atom stereocenters. The van der Waals surface area contributed by atoms with E-state index in [9.17, 15) is 60.0 Å². The minimum atomic E-state index is -4.73. The summed E-state index contributed by atoms with van der Waals surface area (Å²) in [6.45, 7) is 0.406. The van der Waals surface area contributed by atoms with Gasteiger partial charge in [-0.15, -0.1) is 0 Å². The summed E-state index contributed by atoms with van der Waals surface area (Å²) in [4.78, 5) is 76.1. The first-order valence-corrected chi connectivity index (χ1v) is 42.9. The zero-order valence-corrected chi connectivity index (χ0v) is 75.2. The molecule has 0 heterocycles. The molecule has 4 N–H and O–H groups in total. The van der Waals surface area contributed by atoms with Crippen LogP contribution in [-0.4, -0.2) is 85.8 Å². The van der Waals surface area contributed by atoms with Gasteiger partial charge >= 0.3 is 43.8 Å². The summed E-state index contributed by atoms with van der Waals surface area (Å²) in [7, 11) is 1.12. The molecule has 0 aromatic heterocycles. The number of rotatable bonds is 21. The number of phenols is 1. The van der Waals surface area contributed by atoms with Gasteiger partial charge in [-0.1, -0.05) is 153 Å². The molecule has 0 spiro atoms. The van der Waals surface area contributed by atoms with E-state index < -0.39 is 43.0 Å². The van der Waals surface area contributed by atoms with Gasteiger partial charge in [0, 0.05) is 52.3 Å². The highest BCUT2D eigenvalue weighted by atomic mass is 127. The first-order valence-electron chi connectivity index (χ1n) is 37.0. The van der Waals surface area contributed by atoms with E-state index in [1.807, 2.05) is 72.8 Å². The number of hydrogen-bond donors (Lipinski definition) is 4. The Morgan fingerprint density at radius 1 is 0.357 bits per heavy atom. The summed E-state index contributed by atoms with van der Waals surface area (Å²) in [5, 5.41) is 21.3. The SMILES string of the molecule is COC(=O)c1ccc2c(C(F)(F)F)c(OCc3cc(Cl)cc(Cl)c3)ccc2c1.COC(=O)c1ccc2c(I)c(OCc3cc(Cl)cc(Cl)c3)ccc2c1.COC(=O)c1ccc2cc(O)ccc2c1.COC(=O)c1ccc2cc(OCc3cc(Cl)cc(Cl)c3)ccc2c1.O=C(NCCCP(=O)(O)O)c1ccc2c(C(F)(F)F)c(OCc3cc(Cl)cc(Cl)c3)ccc2c1. The fraction of sp³-hybridized carbons (Fsp3) is 0.141. The van der Waals surface area contributed by atoms with Gasteiger partial charge in [0.2, 0.25) is 0 Å². The van der Waals surface area contributed by atoms with Crippen molar-refractivity contribution >= 4 is 207 Å². The van der Waals surface area contributed by atoms with Crippen molar-refractivity contribution in [2.75, 3.05) is 41.1 Å². The Balaban J connectivity index is 0.000000167. The predicted octanol–water partition coefficient (Wildman–Crippen LogP) is 26.5. The van der Waals surface area contributed by atoms with Gasteiger partial charge in [-0.2, -0.15) is 26.3 Å². The van der Waals surface area contributed by atoms with E-state index in [0.29, 0.717) is 81.2 Å². The fourth-order valence-electron chi connectivity index (χ4n) is 12.5. The van der Waals surface area contributed by atoms with E-state index in [1.165, 1.54) is 113 Å². The van der Waals surface area contributed by atoms with Crippen LogP contribution in [0.4, 0.5) is 26.3 Å². The van der Waals surface area contributed by atoms with Gasteiger partial charge in [-0.05, 0) is 281 Å². The summed E-state index contributed by atoms with van der Waals surface area (Å²) >= 11 is 49.9. The fourth-order valence-corrected chi connectivity index (χ4v) is 16.2. The number of carbonyl (C=O) groups is 5. The number of carbonyl (C=O) groups excluding carboxylic acids is 5. The summed E-state index contributed by atoms with van der Waals surface area (Å²) in [5.74, 6) is -1.27. The molecule has 0 radical (unpaired) electrons. The maximum absolute atomic E-state index is 13.9. The molecular weight excluding hydrogens is 1950 g/mol. The second kappa shape index (κ2) is 44.3. The van der Waals surface area contributed by atoms with E-state index >= 15 is 0 Å². The molecular formula is C92H69Cl8F6INO17P. The third-order valence-electron chi connectivity index (χ3n) is 18.2. The molecule has 18 nitrogen and oxygen atoms in total. The lowest BCUT2D eigenvalue weighted by Crippen LogP contribution is -2.25. The number of ether oxygens (including phenoxy) is 8. The van der Waals surface area contributed by atoms with Crippen molar-refractivity contribution in [1.82, 2.24) is 5.32 Å². The molecule has 14 aromatic rings. The van der Waals surface area contributed by atoms with Crippen molar-refractivity contribution < 1.29 is 108 Å². The van der Waals surface area contributed by atoms with Crippen LogP contribution in [0.1, 0.15) is 91.6 Å². The van der Waals surface area contributed by atoms with Crippen LogP contribution in [0.25, 0.3) is 53.9 Å². The van der Waals surface area contributed by atoms with E-state index in [-0.39, 0.29) is 100 Å². The second-order valence-electron chi connectivity index (χ2n) is 27.3. The zero-order valence-electron chi connectivity index (χ0n) is 66.1. The highest BCUT2D eigenvalue weighted by Crippen LogP contribution is 2.45. The van der Waals surface area contributed by atoms with Crippen LogP contribution in [-0.2, 0) is 62.3 Å². The van der Waals surface area contributed by atoms with Crippen LogP contribution >= 0.6 is 123 Å². The zero-order chi connectivity index (χ0) is 91.5. The van der Waals surface area contributed by atoms with Gasteiger partial charge in [0.1, 0.15) is 66.3 Å². The lowest BCUT2D eigenvalue weighted by molar-refractivity contribution is -0.138. The number of phenolic OH excluding ortho intramolecular Hbond substituents is 1. The van der Waals surface area contributed by atoms with Crippen molar-refractivity contribution in [3.63, 3.8) is 0 Å². The quantitative estimate of drug-likeness (QED) is 0.0130. The van der Waals surface area contributed by atoms with Crippen molar-refractivity contribution in [2.45, 2.75) is 45.2 Å². The Morgan fingerprint density at radius 3 is 1.03 bits per heavy atom. The van der Waals surface area contributed by atoms with E-state index in [0.717, 1.165) is 58.5 Å². The molecule has 0 fully saturated rings. The van der Waals surface area contributed by atoms with Crippen LogP contribution < -0.4 is 24.3 Å². The third-order valence-corrected chi connectivity index (χ3v) is 22.0. The van der Waals surface area contributed by atoms with Crippen molar-refractivity contribution in [2.24, 2.45) is 0 Å². The Kier molecular flexibility index (Phi) is 34.3. The van der Waals surface area contributed by atoms with Gasteiger partial charge < -0.3 is 58.1 Å². The van der Waals surface area contributed by atoms with E-state index in [1.54, 1.807) is 78.9 Å². The van der Waals surface area contributed by atoms with Crippen molar-refractivity contribution in [1.29, 1.82) is 0 Å². The number of hydrogen-bond acceptors (Lipinski definition) is 15. The van der Waals surface area contributed by atoms with Crippen molar-refractivity contribution in [3.8, 4) is 28.7 Å². The maximum Gasteiger partial charge on any atom is 0.420 e.